The maximum atomic E-state index is 12.1. The Kier molecular flexibility index (Phi) is 4.65. The fourth-order valence-corrected chi connectivity index (χ4v) is 2.51. The van der Waals surface area contributed by atoms with Crippen LogP contribution < -0.4 is 5.32 Å². The van der Waals surface area contributed by atoms with E-state index in [0.29, 0.717) is 12.0 Å². The minimum Gasteiger partial charge on any atom is -0.394 e. The molecule has 2 rings (SSSR count). The Morgan fingerprint density at radius 2 is 2.26 bits per heavy atom. The lowest BCUT2D eigenvalue weighted by atomic mass is 10.1. The van der Waals surface area contributed by atoms with Gasteiger partial charge in [-0.1, -0.05) is 18.2 Å². The number of nitrogens with one attached hydrogen (secondary N) is 1. The van der Waals surface area contributed by atoms with Crippen molar-refractivity contribution in [1.29, 1.82) is 0 Å². The maximum absolute atomic E-state index is 12.1. The third-order valence-corrected chi connectivity index (χ3v) is 3.65. The summed E-state index contributed by atoms with van der Waals surface area (Å²) in [4.78, 5) is 16.3. The first-order valence-electron chi connectivity index (χ1n) is 6.06. The molecule has 0 fully saturated rings. The molecule has 0 aliphatic heterocycles. The highest BCUT2D eigenvalue weighted by molar-refractivity contribution is 7.09. The molecule has 0 saturated carbocycles. The number of nitrogens with zero attached hydrogens (tertiary/aromatic N) is 1. The lowest BCUT2D eigenvalue weighted by Crippen LogP contribution is -2.39. The predicted octanol–water partition coefficient (Wildman–Crippen LogP) is 1.78. The summed E-state index contributed by atoms with van der Waals surface area (Å²) >= 11 is 1.52. The average molecular weight is 276 g/mol. The van der Waals surface area contributed by atoms with Gasteiger partial charge in [-0.05, 0) is 18.6 Å². The molecule has 0 saturated heterocycles. The smallest absolute Gasteiger partial charge is 0.251 e. The van der Waals surface area contributed by atoms with Crippen LogP contribution >= 0.6 is 11.3 Å². The topological polar surface area (TPSA) is 62.2 Å². The molecule has 1 aromatic heterocycles. The van der Waals surface area contributed by atoms with Gasteiger partial charge in [-0.25, -0.2) is 4.98 Å². The summed E-state index contributed by atoms with van der Waals surface area (Å²) in [6.45, 7) is 1.79. The van der Waals surface area contributed by atoms with E-state index in [1.807, 2.05) is 30.5 Å². The number of carbonyl (C=O) groups is 1. The van der Waals surface area contributed by atoms with Gasteiger partial charge in [0.15, 0.2) is 0 Å². The fourth-order valence-electron chi connectivity index (χ4n) is 1.82. The molecule has 100 valence electrons. The molecule has 0 spiro atoms. The van der Waals surface area contributed by atoms with Crippen LogP contribution in [0.25, 0.3) is 0 Å². The van der Waals surface area contributed by atoms with E-state index in [1.165, 1.54) is 11.3 Å². The Balaban J connectivity index is 2.02. The van der Waals surface area contributed by atoms with Crippen molar-refractivity contribution in [2.24, 2.45) is 0 Å². The first-order chi connectivity index (χ1) is 9.20. The Hall–Kier alpha value is -1.72. The van der Waals surface area contributed by atoms with Gasteiger partial charge in [0, 0.05) is 23.6 Å². The van der Waals surface area contributed by atoms with Crippen LogP contribution in [0.3, 0.4) is 0 Å². The third-order valence-electron chi connectivity index (χ3n) is 2.85. The van der Waals surface area contributed by atoms with Gasteiger partial charge in [0.1, 0.15) is 0 Å². The van der Waals surface area contributed by atoms with E-state index in [9.17, 15) is 9.90 Å². The molecule has 0 aliphatic carbocycles. The summed E-state index contributed by atoms with van der Waals surface area (Å²) in [6.07, 6.45) is 2.27. The third kappa shape index (κ3) is 3.62. The van der Waals surface area contributed by atoms with Gasteiger partial charge in [0.2, 0.25) is 0 Å². The number of thiazole rings is 1. The molecule has 2 N–H and O–H groups in total. The Morgan fingerprint density at radius 1 is 1.47 bits per heavy atom. The molecular weight excluding hydrogens is 260 g/mol. The number of aliphatic hydroxyl groups excluding tert-OH is 1. The lowest BCUT2D eigenvalue weighted by Gasteiger charge is -2.15. The molecule has 19 heavy (non-hydrogen) atoms. The number of hydrogen-bond acceptors (Lipinski definition) is 4. The Morgan fingerprint density at radius 3 is 2.89 bits per heavy atom. The first-order valence-corrected chi connectivity index (χ1v) is 6.94. The van der Waals surface area contributed by atoms with Gasteiger partial charge in [-0.15, -0.1) is 11.3 Å². The molecule has 1 heterocycles. The number of hydrogen-bond donors (Lipinski definition) is 2. The zero-order chi connectivity index (χ0) is 13.7. The molecule has 1 atom stereocenters. The summed E-state index contributed by atoms with van der Waals surface area (Å²) in [6, 6.07) is 7.09. The van der Waals surface area contributed by atoms with Crippen LogP contribution in [0.5, 0.6) is 0 Å². The van der Waals surface area contributed by atoms with Crippen molar-refractivity contribution >= 4 is 17.2 Å². The largest absolute Gasteiger partial charge is 0.394 e. The van der Waals surface area contributed by atoms with Crippen molar-refractivity contribution < 1.29 is 9.90 Å². The normalized spacial score (nSPS) is 12.1. The molecule has 0 aliphatic rings. The highest BCUT2D eigenvalue weighted by atomic mass is 32.1. The number of aliphatic hydroxyl groups is 1. The van der Waals surface area contributed by atoms with E-state index in [1.54, 1.807) is 12.3 Å². The van der Waals surface area contributed by atoms with Gasteiger partial charge in [-0.3, -0.25) is 4.79 Å². The minimum absolute atomic E-state index is 0.1000. The van der Waals surface area contributed by atoms with Crippen molar-refractivity contribution in [3.05, 3.63) is 52.0 Å². The predicted molar refractivity (Wildman–Crippen MR) is 75.3 cm³/mol. The van der Waals surface area contributed by atoms with Gasteiger partial charge in [-0.2, -0.15) is 0 Å². The number of amides is 1. The Labute approximate surface area is 116 Å². The lowest BCUT2D eigenvalue weighted by molar-refractivity contribution is 0.0916. The molecule has 4 nitrogen and oxygen atoms in total. The monoisotopic (exact) mass is 276 g/mol. The first kappa shape index (κ1) is 13.7. The second kappa shape index (κ2) is 6.45. The fraction of sp³-hybridized carbons (Fsp3) is 0.286. The van der Waals surface area contributed by atoms with Crippen LogP contribution in [0, 0.1) is 6.92 Å². The van der Waals surface area contributed by atoms with Crippen LogP contribution in [0.4, 0.5) is 0 Å². The standard InChI is InChI=1S/C14H16N2O2S/c1-10-4-2-3-5-12(10)14(18)16-11(9-17)8-13-15-6-7-19-13/h2-7,11,17H,8-9H2,1H3,(H,16,18). The quantitative estimate of drug-likeness (QED) is 0.875. The highest BCUT2D eigenvalue weighted by Gasteiger charge is 2.15. The number of aromatic nitrogens is 1. The van der Waals surface area contributed by atoms with Crippen LogP contribution in [0.2, 0.25) is 0 Å². The zero-order valence-electron chi connectivity index (χ0n) is 10.7. The van der Waals surface area contributed by atoms with Crippen LogP contribution in [-0.4, -0.2) is 28.6 Å². The highest BCUT2D eigenvalue weighted by Crippen LogP contribution is 2.10. The van der Waals surface area contributed by atoms with E-state index in [-0.39, 0.29) is 18.6 Å². The van der Waals surface area contributed by atoms with Crippen molar-refractivity contribution in [3.63, 3.8) is 0 Å². The summed E-state index contributed by atoms with van der Waals surface area (Å²) in [7, 11) is 0. The summed E-state index contributed by atoms with van der Waals surface area (Å²) in [5.74, 6) is -0.159. The number of aryl methyl sites for hydroxylation is 1. The maximum Gasteiger partial charge on any atom is 0.251 e. The second-order valence-corrected chi connectivity index (χ2v) is 5.28. The summed E-state index contributed by atoms with van der Waals surface area (Å²) in [5.41, 5.74) is 1.56. The Bertz CT molecular complexity index is 540. The number of rotatable bonds is 5. The molecule has 1 unspecified atom stereocenters. The van der Waals surface area contributed by atoms with E-state index in [2.05, 4.69) is 10.3 Å². The van der Waals surface area contributed by atoms with Gasteiger partial charge in [0.05, 0.1) is 17.7 Å². The van der Waals surface area contributed by atoms with Crippen molar-refractivity contribution in [1.82, 2.24) is 10.3 Å². The van der Waals surface area contributed by atoms with E-state index < -0.39 is 0 Å². The van der Waals surface area contributed by atoms with Crippen LogP contribution in [0.15, 0.2) is 35.8 Å². The molecule has 1 aromatic carbocycles. The summed E-state index contributed by atoms with van der Waals surface area (Å²) < 4.78 is 0. The summed E-state index contributed by atoms with van der Waals surface area (Å²) in [5, 5.41) is 15.0. The minimum atomic E-state index is -0.307. The molecule has 1 amide bonds. The van der Waals surface area contributed by atoms with Crippen molar-refractivity contribution in [3.8, 4) is 0 Å². The molecule has 5 heteroatoms. The van der Waals surface area contributed by atoms with Gasteiger partial charge in [0.25, 0.3) is 5.91 Å². The molecule has 0 radical (unpaired) electrons. The number of benzene rings is 1. The van der Waals surface area contributed by atoms with Crippen molar-refractivity contribution in [2.75, 3.05) is 6.61 Å². The van der Waals surface area contributed by atoms with Gasteiger partial charge < -0.3 is 10.4 Å². The number of carbonyl (C=O) groups excluding carboxylic acids is 1. The van der Waals surface area contributed by atoms with Gasteiger partial charge >= 0.3 is 0 Å². The van der Waals surface area contributed by atoms with E-state index in [0.717, 1.165) is 10.6 Å². The molecule has 0 bridgehead atoms. The SMILES string of the molecule is Cc1ccccc1C(=O)NC(CO)Cc1nccs1. The molecular formula is C14H16N2O2S. The van der Waals surface area contributed by atoms with E-state index >= 15 is 0 Å². The molecule has 2 aromatic rings. The average Bonchev–Trinajstić information content (AvgIpc) is 2.91. The zero-order valence-corrected chi connectivity index (χ0v) is 11.5. The van der Waals surface area contributed by atoms with Crippen LogP contribution in [0.1, 0.15) is 20.9 Å². The van der Waals surface area contributed by atoms with E-state index in [4.69, 9.17) is 0 Å². The van der Waals surface area contributed by atoms with Crippen molar-refractivity contribution in [2.45, 2.75) is 19.4 Å². The second-order valence-electron chi connectivity index (χ2n) is 4.30. The van der Waals surface area contributed by atoms with Crippen LogP contribution in [-0.2, 0) is 6.42 Å².